The summed E-state index contributed by atoms with van der Waals surface area (Å²) < 4.78 is 6.85. The van der Waals surface area contributed by atoms with Gasteiger partial charge in [-0.2, -0.15) is 4.98 Å². The number of imidazole rings is 1. The lowest BCUT2D eigenvalue weighted by Crippen LogP contribution is -2.01. The molecular weight excluding hydrogens is 194 g/mol. The monoisotopic (exact) mass is 205 g/mol. The molecule has 2 aromatic rings. The van der Waals surface area contributed by atoms with E-state index in [0.29, 0.717) is 11.6 Å². The zero-order chi connectivity index (χ0) is 10.8. The van der Waals surface area contributed by atoms with Crippen LogP contribution in [0, 0.1) is 0 Å². The van der Waals surface area contributed by atoms with Crippen LogP contribution in [0.4, 0.5) is 5.95 Å². The van der Waals surface area contributed by atoms with Gasteiger partial charge in [0.2, 0.25) is 11.8 Å². The number of nitrogen functional groups attached to an aromatic ring is 1. The molecule has 6 heteroatoms. The van der Waals surface area contributed by atoms with E-state index in [-0.39, 0.29) is 5.95 Å². The first-order valence-corrected chi connectivity index (χ1v) is 4.37. The normalized spacial score (nSPS) is 10.3. The van der Waals surface area contributed by atoms with Crippen molar-refractivity contribution in [3.8, 4) is 17.4 Å². The van der Waals surface area contributed by atoms with Crippen LogP contribution < -0.4 is 10.5 Å². The highest BCUT2D eigenvalue weighted by Crippen LogP contribution is 2.19. The van der Waals surface area contributed by atoms with Crippen molar-refractivity contribution in [1.82, 2.24) is 19.5 Å². The Morgan fingerprint density at radius 1 is 1.40 bits per heavy atom. The molecular formula is C9H11N5O. The molecule has 0 aliphatic rings. The zero-order valence-corrected chi connectivity index (χ0v) is 8.51. The maximum Gasteiger partial charge on any atom is 0.223 e. The average molecular weight is 205 g/mol. The van der Waals surface area contributed by atoms with E-state index in [1.165, 1.54) is 7.11 Å². The number of methoxy groups -OCH3 is 1. The fraction of sp³-hybridized carbons (Fsp3) is 0.222. The third-order valence-corrected chi connectivity index (χ3v) is 1.98. The van der Waals surface area contributed by atoms with E-state index in [4.69, 9.17) is 10.5 Å². The zero-order valence-electron chi connectivity index (χ0n) is 8.51. The van der Waals surface area contributed by atoms with Crippen LogP contribution in [0.3, 0.4) is 0 Å². The van der Waals surface area contributed by atoms with Crippen LogP contribution in [0.2, 0.25) is 0 Å². The number of ether oxygens (including phenoxy) is 1. The van der Waals surface area contributed by atoms with Gasteiger partial charge in [0.15, 0.2) is 5.82 Å². The Bertz CT molecular complexity index is 479. The molecule has 0 bridgehead atoms. The molecule has 0 radical (unpaired) electrons. The highest BCUT2D eigenvalue weighted by Gasteiger charge is 2.08. The summed E-state index contributed by atoms with van der Waals surface area (Å²) in [7, 11) is 3.41. The van der Waals surface area contributed by atoms with Gasteiger partial charge in [0.1, 0.15) is 5.69 Å². The molecule has 0 aliphatic carbocycles. The Morgan fingerprint density at radius 2 is 2.20 bits per heavy atom. The van der Waals surface area contributed by atoms with Crippen molar-refractivity contribution in [3.63, 3.8) is 0 Å². The van der Waals surface area contributed by atoms with Crippen molar-refractivity contribution in [3.05, 3.63) is 18.5 Å². The van der Waals surface area contributed by atoms with E-state index >= 15 is 0 Å². The van der Waals surface area contributed by atoms with Gasteiger partial charge in [0.25, 0.3) is 0 Å². The van der Waals surface area contributed by atoms with Crippen LogP contribution in [-0.2, 0) is 7.05 Å². The van der Waals surface area contributed by atoms with Crippen molar-refractivity contribution < 1.29 is 4.74 Å². The largest absolute Gasteiger partial charge is 0.481 e. The molecule has 0 atom stereocenters. The summed E-state index contributed by atoms with van der Waals surface area (Å²) in [5, 5.41) is 0. The van der Waals surface area contributed by atoms with Gasteiger partial charge in [-0.3, -0.25) is 0 Å². The number of nitrogens with zero attached hydrogens (tertiary/aromatic N) is 4. The van der Waals surface area contributed by atoms with Gasteiger partial charge in [-0.15, -0.1) is 0 Å². The summed E-state index contributed by atoms with van der Waals surface area (Å²) in [6.07, 6.45) is 3.53. The number of hydrogen-bond donors (Lipinski definition) is 1. The van der Waals surface area contributed by atoms with Gasteiger partial charge in [-0.05, 0) is 0 Å². The molecule has 2 heterocycles. The number of nitrogens with two attached hydrogens (primary N) is 1. The molecule has 2 rings (SSSR count). The summed E-state index contributed by atoms with van der Waals surface area (Å²) >= 11 is 0. The number of aromatic nitrogens is 4. The first kappa shape index (κ1) is 9.45. The molecule has 0 unspecified atom stereocenters. The van der Waals surface area contributed by atoms with E-state index in [1.807, 2.05) is 17.8 Å². The SMILES string of the molecule is COc1cc(-c2nccn2C)nc(N)n1. The molecule has 0 aromatic carbocycles. The standard InChI is InChI=1S/C9H11N5O/c1-14-4-3-11-8(14)6-5-7(15-2)13-9(10)12-6/h3-5H,1-2H3,(H2,10,12,13). The van der Waals surface area contributed by atoms with E-state index < -0.39 is 0 Å². The van der Waals surface area contributed by atoms with Gasteiger partial charge in [-0.1, -0.05) is 0 Å². The lowest BCUT2D eigenvalue weighted by molar-refractivity contribution is 0.398. The maximum absolute atomic E-state index is 5.55. The van der Waals surface area contributed by atoms with Gasteiger partial charge in [0.05, 0.1) is 7.11 Å². The molecule has 15 heavy (non-hydrogen) atoms. The average Bonchev–Trinajstić information content (AvgIpc) is 2.63. The van der Waals surface area contributed by atoms with Crippen molar-refractivity contribution in [2.24, 2.45) is 7.05 Å². The minimum atomic E-state index is 0.173. The molecule has 0 saturated heterocycles. The Kier molecular flexibility index (Phi) is 2.24. The fourth-order valence-electron chi connectivity index (χ4n) is 1.27. The highest BCUT2D eigenvalue weighted by atomic mass is 16.5. The first-order chi connectivity index (χ1) is 7.20. The second kappa shape index (κ2) is 3.56. The summed E-state index contributed by atoms with van der Waals surface area (Å²) in [4.78, 5) is 12.2. The fourth-order valence-corrected chi connectivity index (χ4v) is 1.27. The lowest BCUT2D eigenvalue weighted by Gasteiger charge is -2.04. The van der Waals surface area contributed by atoms with Crippen LogP contribution in [0.25, 0.3) is 11.5 Å². The molecule has 2 aromatic heterocycles. The summed E-state index contributed by atoms with van der Waals surface area (Å²) in [6.45, 7) is 0. The van der Waals surface area contributed by atoms with Crippen molar-refractivity contribution in [2.45, 2.75) is 0 Å². The molecule has 0 spiro atoms. The second-order valence-corrected chi connectivity index (χ2v) is 3.02. The van der Waals surface area contributed by atoms with Crippen molar-refractivity contribution in [2.75, 3.05) is 12.8 Å². The summed E-state index contributed by atoms with van der Waals surface area (Å²) in [5.74, 6) is 1.33. The number of hydrogen-bond acceptors (Lipinski definition) is 5. The van der Waals surface area contributed by atoms with E-state index in [2.05, 4.69) is 15.0 Å². The predicted octanol–water partition coefficient (Wildman–Crippen LogP) is 0.468. The molecule has 0 aliphatic heterocycles. The smallest absolute Gasteiger partial charge is 0.223 e. The molecule has 6 nitrogen and oxygen atoms in total. The van der Waals surface area contributed by atoms with Gasteiger partial charge in [0, 0.05) is 25.5 Å². The van der Waals surface area contributed by atoms with Gasteiger partial charge >= 0.3 is 0 Å². The molecule has 0 amide bonds. The summed E-state index contributed by atoms with van der Waals surface area (Å²) in [6, 6.07) is 1.69. The Morgan fingerprint density at radius 3 is 2.80 bits per heavy atom. The predicted molar refractivity (Wildman–Crippen MR) is 55.2 cm³/mol. The summed E-state index contributed by atoms with van der Waals surface area (Å²) in [5.41, 5.74) is 6.20. The number of aryl methyl sites for hydroxylation is 1. The molecule has 0 fully saturated rings. The Hall–Kier alpha value is -2.11. The molecule has 0 saturated carbocycles. The first-order valence-electron chi connectivity index (χ1n) is 4.37. The van der Waals surface area contributed by atoms with E-state index in [1.54, 1.807) is 12.3 Å². The number of rotatable bonds is 2. The third-order valence-electron chi connectivity index (χ3n) is 1.98. The van der Waals surface area contributed by atoms with Crippen LogP contribution >= 0.6 is 0 Å². The third kappa shape index (κ3) is 1.74. The Labute approximate surface area is 86.7 Å². The van der Waals surface area contributed by atoms with E-state index in [0.717, 1.165) is 5.82 Å². The minimum absolute atomic E-state index is 0.173. The van der Waals surface area contributed by atoms with Crippen LogP contribution in [0.15, 0.2) is 18.5 Å². The van der Waals surface area contributed by atoms with Crippen molar-refractivity contribution in [1.29, 1.82) is 0 Å². The topological polar surface area (TPSA) is 78.8 Å². The minimum Gasteiger partial charge on any atom is -0.481 e. The van der Waals surface area contributed by atoms with Crippen LogP contribution in [-0.4, -0.2) is 26.6 Å². The van der Waals surface area contributed by atoms with E-state index in [9.17, 15) is 0 Å². The quantitative estimate of drug-likeness (QED) is 0.770. The maximum atomic E-state index is 5.55. The number of anilines is 1. The highest BCUT2D eigenvalue weighted by molar-refractivity contribution is 5.53. The molecule has 2 N–H and O–H groups in total. The van der Waals surface area contributed by atoms with Crippen molar-refractivity contribution >= 4 is 5.95 Å². The lowest BCUT2D eigenvalue weighted by atomic mass is 10.4. The second-order valence-electron chi connectivity index (χ2n) is 3.02. The van der Waals surface area contributed by atoms with Gasteiger partial charge in [-0.25, -0.2) is 9.97 Å². The van der Waals surface area contributed by atoms with Gasteiger partial charge < -0.3 is 15.0 Å². The Balaban J connectivity index is 2.53. The molecule has 78 valence electrons. The van der Waals surface area contributed by atoms with Crippen LogP contribution in [0.1, 0.15) is 0 Å². The van der Waals surface area contributed by atoms with Crippen LogP contribution in [0.5, 0.6) is 5.88 Å².